The highest BCUT2D eigenvalue weighted by Crippen LogP contribution is 2.20. The monoisotopic (exact) mass is 189 g/mol. The van der Waals surface area contributed by atoms with E-state index in [-0.39, 0.29) is 5.41 Å². The minimum Gasteiger partial charge on any atom is -0.359 e. The molecule has 0 amide bonds. The van der Waals surface area contributed by atoms with Gasteiger partial charge in [0.15, 0.2) is 0 Å². The molecule has 1 rings (SSSR count). The third kappa shape index (κ3) is 2.74. The first-order valence-corrected chi connectivity index (χ1v) is 4.54. The van der Waals surface area contributed by atoms with Gasteiger partial charge in [-0.1, -0.05) is 26.7 Å². The fraction of sp³-hybridized carbons (Fsp3) is 0.455. The summed E-state index contributed by atoms with van der Waals surface area (Å²) < 4.78 is 0. The zero-order valence-corrected chi connectivity index (χ0v) is 8.83. The maximum absolute atomic E-state index is 5.14. The molecular weight excluding hydrogens is 174 g/mol. The first-order chi connectivity index (χ1) is 6.54. The summed E-state index contributed by atoms with van der Waals surface area (Å²) in [5, 5.41) is 3.02. The van der Waals surface area contributed by atoms with Crippen LogP contribution >= 0.6 is 0 Å². The summed E-state index contributed by atoms with van der Waals surface area (Å²) >= 11 is 0. The molecule has 74 valence electrons. The average Bonchev–Trinajstić information content (AvgIpc) is 2.14. The maximum Gasteiger partial charge on any atom is 0.130 e. The van der Waals surface area contributed by atoms with E-state index in [0.717, 1.165) is 11.5 Å². The summed E-state index contributed by atoms with van der Waals surface area (Å²) in [4.78, 5) is 8.29. The van der Waals surface area contributed by atoms with E-state index >= 15 is 0 Å². The van der Waals surface area contributed by atoms with Gasteiger partial charge >= 0.3 is 0 Å². The maximum atomic E-state index is 5.14. The lowest BCUT2D eigenvalue weighted by Crippen LogP contribution is -2.14. The number of terminal acetylenes is 1. The Bertz CT molecular complexity index is 344. The summed E-state index contributed by atoms with van der Waals surface area (Å²) in [6, 6.07) is 1.93. The summed E-state index contributed by atoms with van der Waals surface area (Å²) in [6.07, 6.45) is 6.70. The van der Waals surface area contributed by atoms with E-state index in [9.17, 15) is 0 Å². The van der Waals surface area contributed by atoms with Gasteiger partial charge < -0.3 is 5.32 Å². The molecule has 1 aromatic heterocycles. The second kappa shape index (κ2) is 4.10. The second-order valence-corrected chi connectivity index (χ2v) is 4.10. The molecule has 1 aromatic rings. The zero-order chi connectivity index (χ0) is 10.6. The molecule has 0 aliphatic heterocycles. The third-order valence-corrected chi connectivity index (χ3v) is 1.81. The lowest BCUT2D eigenvalue weighted by atomic mass is 9.92. The van der Waals surface area contributed by atoms with Gasteiger partial charge in [-0.15, -0.1) is 6.42 Å². The smallest absolute Gasteiger partial charge is 0.130 e. The van der Waals surface area contributed by atoms with Crippen molar-refractivity contribution in [3.05, 3.63) is 18.1 Å². The van der Waals surface area contributed by atoms with Crippen LogP contribution in [0.15, 0.2) is 12.4 Å². The van der Waals surface area contributed by atoms with Crippen molar-refractivity contribution in [3.63, 3.8) is 0 Å². The van der Waals surface area contributed by atoms with Crippen molar-refractivity contribution in [2.45, 2.75) is 26.2 Å². The Balaban J connectivity index is 2.86. The highest BCUT2D eigenvalue weighted by atomic mass is 15.0. The SMILES string of the molecule is C#CCNc1cc(C(C)(C)C)ncn1. The first kappa shape index (κ1) is 10.5. The summed E-state index contributed by atoms with van der Waals surface area (Å²) in [5.74, 6) is 3.28. The van der Waals surface area contributed by atoms with Crippen molar-refractivity contribution in [2.75, 3.05) is 11.9 Å². The average molecular weight is 189 g/mol. The van der Waals surface area contributed by atoms with Gasteiger partial charge in [0.25, 0.3) is 0 Å². The van der Waals surface area contributed by atoms with Crippen molar-refractivity contribution in [2.24, 2.45) is 0 Å². The number of hydrogen-bond acceptors (Lipinski definition) is 3. The Labute approximate surface area is 85.0 Å². The molecule has 3 heteroatoms. The largest absolute Gasteiger partial charge is 0.359 e. The molecule has 0 aromatic carbocycles. The molecule has 14 heavy (non-hydrogen) atoms. The predicted octanol–water partition coefficient (Wildman–Crippen LogP) is 1.82. The van der Waals surface area contributed by atoms with Crippen LogP contribution in [0.4, 0.5) is 5.82 Å². The molecule has 0 aliphatic carbocycles. The highest BCUT2D eigenvalue weighted by molar-refractivity contribution is 5.37. The molecule has 1 heterocycles. The van der Waals surface area contributed by atoms with Crippen LogP contribution in [0.2, 0.25) is 0 Å². The topological polar surface area (TPSA) is 37.8 Å². The van der Waals surface area contributed by atoms with Gasteiger partial charge in [0.05, 0.1) is 12.2 Å². The van der Waals surface area contributed by atoms with E-state index in [1.54, 1.807) is 6.33 Å². The minimum absolute atomic E-state index is 0.0372. The molecule has 0 unspecified atom stereocenters. The quantitative estimate of drug-likeness (QED) is 0.721. The lowest BCUT2D eigenvalue weighted by Gasteiger charge is -2.17. The summed E-state index contributed by atoms with van der Waals surface area (Å²) in [7, 11) is 0. The van der Waals surface area contributed by atoms with Crippen LogP contribution in [0, 0.1) is 12.3 Å². The molecule has 0 aliphatic rings. The minimum atomic E-state index is 0.0372. The van der Waals surface area contributed by atoms with Crippen LogP contribution in [0.1, 0.15) is 26.5 Å². The number of rotatable bonds is 2. The molecule has 3 nitrogen and oxygen atoms in total. The molecule has 0 spiro atoms. The van der Waals surface area contributed by atoms with E-state index < -0.39 is 0 Å². The van der Waals surface area contributed by atoms with Crippen molar-refractivity contribution in [1.82, 2.24) is 9.97 Å². The predicted molar refractivity (Wildman–Crippen MR) is 58.1 cm³/mol. The van der Waals surface area contributed by atoms with Gasteiger partial charge in [-0.05, 0) is 0 Å². The Morgan fingerprint density at radius 1 is 1.43 bits per heavy atom. The Kier molecular flexibility index (Phi) is 3.08. The molecule has 0 saturated carbocycles. The molecule has 0 saturated heterocycles. The van der Waals surface area contributed by atoms with Crippen LogP contribution in [-0.4, -0.2) is 16.5 Å². The molecule has 0 fully saturated rings. The van der Waals surface area contributed by atoms with Gasteiger partial charge in [0.2, 0.25) is 0 Å². The fourth-order valence-electron chi connectivity index (χ4n) is 1.01. The van der Waals surface area contributed by atoms with Gasteiger partial charge in [0, 0.05) is 11.5 Å². The normalized spacial score (nSPS) is 10.7. The Morgan fingerprint density at radius 2 is 2.14 bits per heavy atom. The number of aromatic nitrogens is 2. The molecule has 0 bridgehead atoms. The van der Waals surface area contributed by atoms with Crippen LogP contribution in [-0.2, 0) is 5.41 Å². The van der Waals surface area contributed by atoms with Gasteiger partial charge in [-0.3, -0.25) is 0 Å². The standard InChI is InChI=1S/C11H15N3/c1-5-6-12-10-7-9(11(2,3)4)13-8-14-10/h1,7-8H,6H2,2-4H3,(H,12,13,14). The van der Waals surface area contributed by atoms with Crippen molar-refractivity contribution in [1.29, 1.82) is 0 Å². The van der Waals surface area contributed by atoms with E-state index in [2.05, 4.69) is 42.0 Å². The van der Waals surface area contributed by atoms with Gasteiger partial charge in [0.1, 0.15) is 12.1 Å². The summed E-state index contributed by atoms with van der Waals surface area (Å²) in [6.45, 7) is 6.82. The van der Waals surface area contributed by atoms with E-state index in [0.29, 0.717) is 6.54 Å². The highest BCUT2D eigenvalue weighted by Gasteiger charge is 2.15. The van der Waals surface area contributed by atoms with Crippen molar-refractivity contribution >= 4 is 5.82 Å². The molecule has 0 atom stereocenters. The fourth-order valence-corrected chi connectivity index (χ4v) is 1.01. The number of anilines is 1. The Morgan fingerprint density at radius 3 is 2.71 bits per heavy atom. The molecule has 0 radical (unpaired) electrons. The number of nitrogens with zero attached hydrogens (tertiary/aromatic N) is 2. The summed E-state index contributed by atoms with van der Waals surface area (Å²) in [5.41, 5.74) is 1.04. The van der Waals surface area contributed by atoms with Crippen molar-refractivity contribution < 1.29 is 0 Å². The van der Waals surface area contributed by atoms with Crippen LogP contribution < -0.4 is 5.32 Å². The number of hydrogen-bond donors (Lipinski definition) is 1. The van der Waals surface area contributed by atoms with Gasteiger partial charge in [-0.2, -0.15) is 0 Å². The van der Waals surface area contributed by atoms with E-state index in [1.165, 1.54) is 0 Å². The molecular formula is C11H15N3. The van der Waals surface area contributed by atoms with Gasteiger partial charge in [-0.25, -0.2) is 9.97 Å². The zero-order valence-electron chi connectivity index (χ0n) is 8.83. The Hall–Kier alpha value is -1.56. The van der Waals surface area contributed by atoms with Crippen LogP contribution in [0.5, 0.6) is 0 Å². The van der Waals surface area contributed by atoms with Crippen LogP contribution in [0.3, 0.4) is 0 Å². The second-order valence-electron chi connectivity index (χ2n) is 4.10. The van der Waals surface area contributed by atoms with E-state index in [4.69, 9.17) is 6.42 Å². The molecule has 1 N–H and O–H groups in total. The van der Waals surface area contributed by atoms with Crippen molar-refractivity contribution in [3.8, 4) is 12.3 Å². The first-order valence-electron chi connectivity index (χ1n) is 4.54. The number of nitrogens with one attached hydrogen (secondary N) is 1. The van der Waals surface area contributed by atoms with E-state index in [1.807, 2.05) is 6.07 Å². The van der Waals surface area contributed by atoms with Crippen LogP contribution in [0.25, 0.3) is 0 Å². The lowest BCUT2D eigenvalue weighted by molar-refractivity contribution is 0.567. The third-order valence-electron chi connectivity index (χ3n) is 1.81.